The molecule has 0 spiro atoms. The molecule has 0 amide bonds. The molecule has 59 heavy (non-hydrogen) atoms. The van der Waals surface area contributed by atoms with E-state index in [-0.39, 0.29) is 36.3 Å². The van der Waals surface area contributed by atoms with Crippen LogP contribution in [-0.4, -0.2) is 64.9 Å². The highest BCUT2D eigenvalue weighted by Gasteiger charge is 2.26. The molecular formula is C39H40O15S5. The van der Waals surface area contributed by atoms with Crippen LogP contribution >= 0.6 is 0 Å². The minimum absolute atomic E-state index is 0.294. The van der Waals surface area contributed by atoms with Crippen LogP contribution in [0.5, 0.6) is 0 Å². The third-order valence-corrected chi connectivity index (χ3v) is 14.4. The van der Waals surface area contributed by atoms with Crippen molar-refractivity contribution in [3.05, 3.63) is 149 Å². The minimum atomic E-state index is -4.56. The minimum Gasteiger partial charge on any atom is -0.282 e. The Morgan fingerprint density at radius 1 is 0.305 bits per heavy atom. The van der Waals surface area contributed by atoms with Crippen LogP contribution in [0, 0.1) is 0 Å². The van der Waals surface area contributed by atoms with E-state index in [4.69, 9.17) is 0 Å². The second kappa shape index (κ2) is 18.1. The molecule has 5 rings (SSSR count). The first-order chi connectivity index (χ1) is 27.4. The van der Waals surface area contributed by atoms with Gasteiger partial charge in [0.25, 0.3) is 50.6 Å². The maximum absolute atomic E-state index is 12.0. The Hall–Kier alpha value is -4.35. The first-order valence-electron chi connectivity index (χ1n) is 17.7. The van der Waals surface area contributed by atoms with Crippen LogP contribution < -0.4 is 0 Å². The zero-order valence-corrected chi connectivity index (χ0v) is 35.0. The molecule has 20 heteroatoms. The Bertz CT molecular complexity index is 2650. The lowest BCUT2D eigenvalue weighted by Crippen LogP contribution is -2.14. The molecule has 2 unspecified atom stereocenters. The number of benzene rings is 5. The fourth-order valence-corrected chi connectivity index (χ4v) is 9.37. The van der Waals surface area contributed by atoms with Gasteiger partial charge in [0.15, 0.2) is 0 Å². The summed E-state index contributed by atoms with van der Waals surface area (Å²) in [5.41, 5.74) is 3.40. The Kier molecular flexibility index (Phi) is 14.0. The fraction of sp³-hybridized carbons (Fsp3) is 0.231. The lowest BCUT2D eigenvalue weighted by molar-refractivity contribution is 0.436. The van der Waals surface area contributed by atoms with Gasteiger partial charge in [-0.25, -0.2) is 0 Å². The molecule has 0 saturated carbocycles. The van der Waals surface area contributed by atoms with Crippen molar-refractivity contribution in [1.82, 2.24) is 0 Å². The lowest BCUT2D eigenvalue weighted by atomic mass is 9.76. The molecule has 0 radical (unpaired) electrons. The average molecular weight is 909 g/mol. The molecule has 316 valence electrons. The Morgan fingerprint density at radius 3 is 0.729 bits per heavy atom. The van der Waals surface area contributed by atoms with Crippen molar-refractivity contribution in [2.45, 2.75) is 80.8 Å². The molecule has 2 atom stereocenters. The summed E-state index contributed by atoms with van der Waals surface area (Å²) in [6.45, 7) is 0. The summed E-state index contributed by atoms with van der Waals surface area (Å²) >= 11 is 0. The van der Waals surface area contributed by atoms with Gasteiger partial charge in [-0.1, -0.05) is 60.7 Å². The van der Waals surface area contributed by atoms with Crippen molar-refractivity contribution in [3.63, 3.8) is 0 Å². The summed E-state index contributed by atoms with van der Waals surface area (Å²) in [6, 6.07) is 28.0. The Balaban J connectivity index is 1.57. The van der Waals surface area contributed by atoms with Crippen molar-refractivity contribution < 1.29 is 64.9 Å². The highest BCUT2D eigenvalue weighted by atomic mass is 32.2. The van der Waals surface area contributed by atoms with Gasteiger partial charge in [0.2, 0.25) is 0 Å². The molecule has 0 bridgehead atoms. The zero-order valence-electron chi connectivity index (χ0n) is 30.9. The molecule has 0 heterocycles. The fourth-order valence-electron chi connectivity index (χ4n) is 6.97. The third-order valence-electron chi connectivity index (χ3n) is 10.1. The first kappa shape index (κ1) is 45.7. The van der Waals surface area contributed by atoms with Gasteiger partial charge in [0.05, 0.1) is 24.5 Å². The average Bonchev–Trinajstić information content (AvgIpc) is 3.16. The molecule has 5 aromatic carbocycles. The van der Waals surface area contributed by atoms with E-state index >= 15 is 0 Å². The second-order valence-corrected chi connectivity index (χ2v) is 21.1. The smallest absolute Gasteiger partial charge is 0.282 e. The third kappa shape index (κ3) is 12.8. The van der Waals surface area contributed by atoms with E-state index in [2.05, 4.69) is 0 Å². The molecule has 0 aliphatic carbocycles. The first-order valence-corrected chi connectivity index (χ1v) is 24.9. The van der Waals surface area contributed by atoms with E-state index in [1.165, 1.54) is 60.7 Å². The number of aryl methyl sites for hydroxylation is 2. The van der Waals surface area contributed by atoms with E-state index in [1.54, 1.807) is 60.7 Å². The maximum Gasteiger partial charge on any atom is 0.294 e. The van der Waals surface area contributed by atoms with E-state index < -0.39 is 56.5 Å². The summed E-state index contributed by atoms with van der Waals surface area (Å²) in [6.07, 6.45) is 2.24. The van der Waals surface area contributed by atoms with E-state index in [0.717, 1.165) is 0 Å². The van der Waals surface area contributed by atoms with Crippen LogP contribution in [0.2, 0.25) is 0 Å². The van der Waals surface area contributed by atoms with Crippen molar-refractivity contribution in [1.29, 1.82) is 0 Å². The lowest BCUT2D eigenvalue weighted by Gasteiger charge is -2.29. The monoisotopic (exact) mass is 908 g/mol. The molecule has 5 N–H and O–H groups in total. The van der Waals surface area contributed by atoms with E-state index in [9.17, 15) is 64.9 Å². The van der Waals surface area contributed by atoms with Gasteiger partial charge < -0.3 is 0 Å². The normalized spacial score (nSPS) is 14.4. The molecular weight excluding hydrogens is 869 g/mol. The Labute approximate surface area is 343 Å². The molecule has 0 saturated heterocycles. The number of hydrogen-bond donors (Lipinski definition) is 5. The highest BCUT2D eigenvalue weighted by molar-refractivity contribution is 7.86. The molecule has 0 aliphatic heterocycles. The number of rotatable bonds is 18. The standard InChI is InChI=1S/C39H40O15S5/c40-55(41,42)35-15-3-27(4-16-35)1-7-32(29-9-19-37(20-10-29)57(46,47)48)25-34(31-13-23-39(24-14-31)59(52,53)54)26-33(30-11-21-38(22-12-30)58(49,50)51)8-2-28-5-17-36(18-6-28)56(43,44)45/h3-6,9-24,32-34H,1-2,7-8,25-26H2,(H,40,41,42)(H,43,44,45)(H,46,47,48)(H,49,50,51)(H,52,53,54). The quantitative estimate of drug-likeness (QED) is 0.0578. The molecule has 0 aromatic heterocycles. The summed E-state index contributed by atoms with van der Waals surface area (Å²) in [7, 11) is -22.5. The molecule has 0 aliphatic rings. The largest absolute Gasteiger partial charge is 0.294 e. The van der Waals surface area contributed by atoms with Gasteiger partial charge in [0.1, 0.15) is 0 Å². The predicted octanol–water partition coefficient (Wildman–Crippen LogP) is 6.62. The van der Waals surface area contributed by atoms with Crippen LogP contribution in [0.3, 0.4) is 0 Å². The second-order valence-electron chi connectivity index (χ2n) is 14.0. The van der Waals surface area contributed by atoms with Crippen molar-refractivity contribution >= 4 is 50.6 Å². The molecule has 15 nitrogen and oxygen atoms in total. The van der Waals surface area contributed by atoms with Crippen LogP contribution in [0.1, 0.15) is 71.3 Å². The van der Waals surface area contributed by atoms with Gasteiger partial charge in [-0.05, 0) is 145 Å². The zero-order chi connectivity index (χ0) is 43.4. The maximum atomic E-state index is 12.0. The van der Waals surface area contributed by atoms with E-state index in [0.29, 0.717) is 66.3 Å². The van der Waals surface area contributed by atoms with Gasteiger partial charge in [-0.15, -0.1) is 0 Å². The van der Waals surface area contributed by atoms with Crippen molar-refractivity contribution in [2.24, 2.45) is 0 Å². The van der Waals surface area contributed by atoms with Crippen LogP contribution in [0.4, 0.5) is 0 Å². The van der Waals surface area contributed by atoms with Crippen molar-refractivity contribution in [2.75, 3.05) is 0 Å². The molecule has 5 aromatic rings. The SMILES string of the molecule is O=S(=O)(O)c1ccc(CCC(CC(CC(CCc2ccc(S(=O)(=O)O)cc2)c2ccc(S(=O)(=O)O)cc2)c2ccc(S(=O)(=O)O)cc2)c2ccc(S(=O)(=O)O)cc2)cc1. The number of hydrogen-bond acceptors (Lipinski definition) is 10. The van der Waals surface area contributed by atoms with Crippen LogP contribution in [0.25, 0.3) is 0 Å². The molecule has 0 fully saturated rings. The summed E-state index contributed by atoms with van der Waals surface area (Å²) < 4.78 is 166. The van der Waals surface area contributed by atoms with E-state index in [1.807, 2.05) is 0 Å². The van der Waals surface area contributed by atoms with Crippen LogP contribution in [0.15, 0.2) is 146 Å². The van der Waals surface area contributed by atoms with Crippen LogP contribution in [-0.2, 0) is 63.4 Å². The van der Waals surface area contributed by atoms with Crippen molar-refractivity contribution in [3.8, 4) is 0 Å². The van der Waals surface area contributed by atoms with Gasteiger partial charge >= 0.3 is 0 Å². The van der Waals surface area contributed by atoms with Gasteiger partial charge in [-0.3, -0.25) is 22.8 Å². The Morgan fingerprint density at radius 2 is 0.508 bits per heavy atom. The summed E-state index contributed by atoms with van der Waals surface area (Å²) in [5.74, 6) is -1.16. The summed E-state index contributed by atoms with van der Waals surface area (Å²) in [4.78, 5) is -1.61. The highest BCUT2D eigenvalue weighted by Crippen LogP contribution is 2.41. The predicted molar refractivity (Wildman–Crippen MR) is 215 cm³/mol. The topological polar surface area (TPSA) is 272 Å². The van der Waals surface area contributed by atoms with Gasteiger partial charge in [-0.2, -0.15) is 42.1 Å². The summed E-state index contributed by atoms with van der Waals surface area (Å²) in [5, 5.41) is 0. The van der Waals surface area contributed by atoms with Gasteiger partial charge in [0, 0.05) is 0 Å².